The van der Waals surface area contributed by atoms with Crippen LogP contribution in [0.4, 0.5) is 8.78 Å². The zero-order valence-corrected chi connectivity index (χ0v) is 10.5. The van der Waals surface area contributed by atoms with Gasteiger partial charge < -0.3 is 4.74 Å². The molecule has 1 aliphatic heterocycles. The summed E-state index contributed by atoms with van der Waals surface area (Å²) in [7, 11) is -2.49. The Bertz CT molecular complexity index is 545. The smallest absolute Gasteiger partial charge is 0.312 e. The van der Waals surface area contributed by atoms with Gasteiger partial charge in [0.05, 0.1) is 23.7 Å². The lowest BCUT2D eigenvalue weighted by atomic mass is 9.91. The van der Waals surface area contributed by atoms with Crippen LogP contribution in [0.3, 0.4) is 0 Å². The van der Waals surface area contributed by atoms with Crippen LogP contribution >= 0.6 is 0 Å². The summed E-state index contributed by atoms with van der Waals surface area (Å²) in [6.07, 6.45) is 1.55. The molecule has 7 heteroatoms. The van der Waals surface area contributed by atoms with Crippen LogP contribution < -0.4 is 0 Å². The molecule has 1 saturated heterocycles. The molecule has 0 saturated carbocycles. The number of halogens is 2. The van der Waals surface area contributed by atoms with Crippen LogP contribution in [-0.4, -0.2) is 33.2 Å². The van der Waals surface area contributed by atoms with Gasteiger partial charge >= 0.3 is 5.97 Å². The lowest BCUT2D eigenvalue weighted by molar-refractivity contribution is -0.143. The van der Waals surface area contributed by atoms with Crippen LogP contribution in [0.25, 0.3) is 0 Å². The first-order chi connectivity index (χ1) is 8.28. The van der Waals surface area contributed by atoms with Crippen LogP contribution in [0, 0.1) is 5.92 Å². The van der Waals surface area contributed by atoms with Crippen LogP contribution in [0.15, 0.2) is 22.6 Å². The van der Waals surface area contributed by atoms with Gasteiger partial charge in [0.15, 0.2) is 9.84 Å². The Balaban J connectivity index is 2.45. The Labute approximate surface area is 103 Å². The highest BCUT2D eigenvalue weighted by Gasteiger charge is 2.47. The molecule has 4 nitrogen and oxygen atoms in total. The molecule has 0 aromatic rings. The molecule has 0 amide bonds. The summed E-state index contributed by atoms with van der Waals surface area (Å²) in [5.41, 5.74) is -0.560. The van der Waals surface area contributed by atoms with Gasteiger partial charge in [0.1, 0.15) is 0 Å². The molecule has 0 bridgehead atoms. The van der Waals surface area contributed by atoms with Gasteiger partial charge in [0.25, 0.3) is 5.92 Å². The molecule has 18 heavy (non-hydrogen) atoms. The van der Waals surface area contributed by atoms with Crippen LogP contribution in [0.1, 0.15) is 12.8 Å². The van der Waals surface area contributed by atoms with Crippen LogP contribution in [0.5, 0.6) is 0 Å². The van der Waals surface area contributed by atoms with E-state index in [9.17, 15) is 22.0 Å². The fourth-order valence-electron chi connectivity index (χ4n) is 2.11. The third-order valence-electron chi connectivity index (χ3n) is 3.11. The van der Waals surface area contributed by atoms with Crippen molar-refractivity contribution in [1.29, 1.82) is 0 Å². The highest BCUT2D eigenvalue weighted by Crippen LogP contribution is 2.44. The first kappa shape index (κ1) is 13.2. The van der Waals surface area contributed by atoms with Crippen LogP contribution in [0.2, 0.25) is 0 Å². The summed E-state index contributed by atoms with van der Waals surface area (Å²) < 4.78 is 55.3. The van der Waals surface area contributed by atoms with Gasteiger partial charge in [-0.05, 0) is 6.42 Å². The number of sulfone groups is 1. The number of carbonyl (C=O) groups is 1. The normalized spacial score (nSPS) is 28.7. The van der Waals surface area contributed by atoms with E-state index in [1.807, 2.05) is 0 Å². The van der Waals surface area contributed by atoms with E-state index < -0.39 is 45.4 Å². The maximum absolute atomic E-state index is 13.7. The molecule has 1 fully saturated rings. The molecule has 0 aromatic heterocycles. The number of methoxy groups -OCH3 is 1. The van der Waals surface area contributed by atoms with E-state index in [1.165, 1.54) is 6.08 Å². The van der Waals surface area contributed by atoms with E-state index >= 15 is 0 Å². The van der Waals surface area contributed by atoms with Gasteiger partial charge in [-0.2, -0.15) is 0 Å². The van der Waals surface area contributed by atoms with Gasteiger partial charge in [-0.3, -0.25) is 4.79 Å². The fraction of sp³-hybridized carbons (Fsp3) is 0.545. The molecule has 0 N–H and O–H groups in total. The minimum Gasteiger partial charge on any atom is -0.469 e. The third-order valence-corrected chi connectivity index (χ3v) is 4.91. The van der Waals surface area contributed by atoms with E-state index in [-0.39, 0.29) is 11.3 Å². The first-order valence-corrected chi connectivity index (χ1v) is 7.04. The average molecular weight is 278 g/mol. The Morgan fingerprint density at radius 2 is 2.17 bits per heavy atom. The van der Waals surface area contributed by atoms with Gasteiger partial charge in [0.2, 0.25) is 0 Å². The predicted molar refractivity (Wildman–Crippen MR) is 59.6 cm³/mol. The first-order valence-electron chi connectivity index (χ1n) is 5.39. The molecule has 0 radical (unpaired) electrons. The number of hydrogen-bond donors (Lipinski definition) is 0. The second-order valence-corrected chi connectivity index (χ2v) is 6.36. The highest BCUT2D eigenvalue weighted by atomic mass is 32.2. The maximum Gasteiger partial charge on any atom is 0.312 e. The number of allylic oxidation sites excluding steroid dienone is 2. The van der Waals surface area contributed by atoms with Crippen molar-refractivity contribution in [3.63, 3.8) is 0 Å². The summed E-state index contributed by atoms with van der Waals surface area (Å²) in [6, 6.07) is 0. The fourth-order valence-corrected chi connectivity index (χ4v) is 3.76. The van der Waals surface area contributed by atoms with Crippen molar-refractivity contribution in [3.8, 4) is 0 Å². The van der Waals surface area contributed by atoms with Gasteiger partial charge in [-0.15, -0.1) is 0 Å². The van der Waals surface area contributed by atoms with Gasteiger partial charge in [0, 0.05) is 12.0 Å². The van der Waals surface area contributed by atoms with Gasteiger partial charge in [-0.1, -0.05) is 12.2 Å². The molecular formula is C11H12F2O4S. The van der Waals surface area contributed by atoms with E-state index in [0.29, 0.717) is 0 Å². The number of rotatable bonds is 1. The summed E-state index contributed by atoms with van der Waals surface area (Å²) >= 11 is 0. The Hall–Kier alpha value is -1.24. The zero-order chi connectivity index (χ0) is 13.6. The van der Waals surface area contributed by atoms with Crippen molar-refractivity contribution >= 4 is 15.8 Å². The van der Waals surface area contributed by atoms with Gasteiger partial charge in [-0.25, -0.2) is 17.2 Å². The molecule has 1 unspecified atom stereocenters. The van der Waals surface area contributed by atoms with E-state index in [2.05, 4.69) is 4.74 Å². The van der Waals surface area contributed by atoms with Crippen LogP contribution in [-0.2, 0) is 19.4 Å². The number of carbonyl (C=O) groups excluding carboxylic acids is 1. The summed E-state index contributed by atoms with van der Waals surface area (Å²) in [4.78, 5) is 11.0. The van der Waals surface area contributed by atoms with Crippen molar-refractivity contribution in [1.82, 2.24) is 0 Å². The molecule has 1 aliphatic carbocycles. The SMILES string of the molecule is COC(=O)C1C=C2C(=CC1)S(=O)(=O)CCC2(F)F. The Kier molecular flexibility index (Phi) is 3.04. The minimum absolute atomic E-state index is 0.0703. The summed E-state index contributed by atoms with van der Waals surface area (Å²) in [5, 5.41) is 0. The molecule has 1 heterocycles. The largest absolute Gasteiger partial charge is 0.469 e. The lowest BCUT2D eigenvalue weighted by Crippen LogP contribution is -2.35. The number of hydrogen-bond acceptors (Lipinski definition) is 4. The molecular weight excluding hydrogens is 266 g/mol. The minimum atomic E-state index is -3.65. The third kappa shape index (κ3) is 2.07. The molecule has 0 aromatic carbocycles. The number of ether oxygens (including phenoxy) is 1. The highest BCUT2D eigenvalue weighted by molar-refractivity contribution is 7.95. The predicted octanol–water partition coefficient (Wildman–Crippen LogP) is 1.44. The Morgan fingerprint density at radius 3 is 2.78 bits per heavy atom. The molecule has 1 atom stereocenters. The zero-order valence-electron chi connectivity index (χ0n) is 9.65. The average Bonchev–Trinajstić information content (AvgIpc) is 2.34. The summed E-state index contributed by atoms with van der Waals surface area (Å²) in [6.45, 7) is 0. The van der Waals surface area contributed by atoms with Crippen molar-refractivity contribution in [2.45, 2.75) is 18.8 Å². The number of esters is 1. The number of alkyl halides is 2. The van der Waals surface area contributed by atoms with E-state index in [0.717, 1.165) is 13.2 Å². The summed E-state index contributed by atoms with van der Waals surface area (Å²) in [5.74, 6) is -5.25. The molecule has 2 rings (SSSR count). The standard InChI is InChI=1S/C11H12F2O4S/c1-17-10(14)7-2-3-9-8(6-7)11(12,13)4-5-18(9,15)16/h3,6-7H,2,4-5H2,1H3. The van der Waals surface area contributed by atoms with E-state index in [1.54, 1.807) is 0 Å². The number of fused-ring (bicyclic) bond motifs is 1. The second kappa shape index (κ2) is 4.15. The quantitative estimate of drug-likeness (QED) is 0.681. The molecule has 0 spiro atoms. The second-order valence-electron chi connectivity index (χ2n) is 4.29. The van der Waals surface area contributed by atoms with Crippen molar-refractivity contribution in [3.05, 3.63) is 22.6 Å². The lowest BCUT2D eigenvalue weighted by Gasteiger charge is -2.30. The Morgan fingerprint density at radius 1 is 1.50 bits per heavy atom. The topological polar surface area (TPSA) is 60.4 Å². The molecule has 2 aliphatic rings. The van der Waals surface area contributed by atoms with Crippen molar-refractivity contribution in [2.75, 3.05) is 12.9 Å². The molecule has 100 valence electrons. The van der Waals surface area contributed by atoms with E-state index in [4.69, 9.17) is 0 Å². The maximum atomic E-state index is 13.7. The van der Waals surface area contributed by atoms with Crippen molar-refractivity contribution < 1.29 is 26.7 Å². The van der Waals surface area contributed by atoms with Crippen molar-refractivity contribution in [2.24, 2.45) is 5.92 Å². The monoisotopic (exact) mass is 278 g/mol.